The Bertz CT molecular complexity index is 1650. The molecule has 5 rings (SSSR count). The van der Waals surface area contributed by atoms with Crippen molar-refractivity contribution in [3.63, 3.8) is 0 Å². The van der Waals surface area contributed by atoms with E-state index in [1.54, 1.807) is 48.2 Å². The molecule has 1 amide bonds. The maximum Gasteiger partial charge on any atom is 0.310 e. The number of aryl methyl sites for hydroxylation is 1. The first-order valence-electron chi connectivity index (χ1n) is 14.1. The Labute approximate surface area is 244 Å². The molecule has 9 nitrogen and oxygen atoms in total. The first kappa shape index (κ1) is 28.6. The number of likely N-dealkylation sites (tertiary alicyclic amines) is 1. The predicted octanol–water partition coefficient (Wildman–Crippen LogP) is 5.80. The standard InChI is InChI=1S/C33H34N4O5/c1-4-41-33(40)25-13-10-18-36(21-25)31(38)24-12-9-14-26(19-24)35-30-29(42-28-17-8-11-22(2)23(28)3)20-34-37(32(30)39)27-15-6-5-7-16-27/h5-9,11-12,14-17,19-20,25,35H,4,10,13,18,21H2,1-3H3. The van der Waals surface area contributed by atoms with E-state index in [9.17, 15) is 14.4 Å². The van der Waals surface area contributed by atoms with Crippen LogP contribution in [-0.2, 0) is 9.53 Å². The quantitative estimate of drug-likeness (QED) is 0.269. The minimum Gasteiger partial charge on any atom is -0.466 e. The molecule has 216 valence electrons. The van der Waals surface area contributed by atoms with Crippen LogP contribution in [0.15, 0.2) is 83.8 Å². The number of amides is 1. The fourth-order valence-electron chi connectivity index (χ4n) is 5.01. The molecular weight excluding hydrogens is 532 g/mol. The molecule has 0 saturated carbocycles. The summed E-state index contributed by atoms with van der Waals surface area (Å²) in [7, 11) is 0. The highest BCUT2D eigenvalue weighted by Crippen LogP contribution is 2.32. The zero-order valence-electron chi connectivity index (χ0n) is 24.0. The smallest absolute Gasteiger partial charge is 0.310 e. The Morgan fingerprint density at radius 1 is 1.00 bits per heavy atom. The normalized spacial score (nSPS) is 14.7. The van der Waals surface area contributed by atoms with Crippen molar-refractivity contribution < 1.29 is 19.1 Å². The lowest BCUT2D eigenvalue weighted by atomic mass is 9.97. The molecule has 1 saturated heterocycles. The van der Waals surface area contributed by atoms with Crippen molar-refractivity contribution >= 4 is 23.3 Å². The summed E-state index contributed by atoms with van der Waals surface area (Å²) in [6.07, 6.45) is 2.93. The van der Waals surface area contributed by atoms with Crippen molar-refractivity contribution in [3.8, 4) is 17.2 Å². The van der Waals surface area contributed by atoms with Gasteiger partial charge in [0.15, 0.2) is 11.4 Å². The number of aromatic nitrogens is 2. The van der Waals surface area contributed by atoms with Gasteiger partial charge in [-0.25, -0.2) is 0 Å². The van der Waals surface area contributed by atoms with Crippen molar-refractivity contribution in [2.75, 3.05) is 25.0 Å². The molecule has 1 atom stereocenters. The van der Waals surface area contributed by atoms with E-state index in [4.69, 9.17) is 9.47 Å². The van der Waals surface area contributed by atoms with E-state index >= 15 is 0 Å². The fraction of sp³-hybridized carbons (Fsp3) is 0.273. The molecule has 2 heterocycles. The molecule has 1 N–H and O–H groups in total. The molecule has 1 aliphatic heterocycles. The number of anilines is 2. The average molecular weight is 567 g/mol. The minimum atomic E-state index is -0.408. The summed E-state index contributed by atoms with van der Waals surface area (Å²) in [6, 6.07) is 21.8. The number of rotatable bonds is 8. The Morgan fingerprint density at radius 2 is 1.79 bits per heavy atom. The van der Waals surface area contributed by atoms with Gasteiger partial charge < -0.3 is 19.7 Å². The van der Waals surface area contributed by atoms with E-state index < -0.39 is 5.56 Å². The largest absolute Gasteiger partial charge is 0.466 e. The Hall–Kier alpha value is -4.92. The molecule has 1 unspecified atom stereocenters. The monoisotopic (exact) mass is 566 g/mol. The van der Waals surface area contributed by atoms with Gasteiger partial charge in [-0.05, 0) is 81.1 Å². The molecule has 1 aromatic heterocycles. The highest BCUT2D eigenvalue weighted by molar-refractivity contribution is 5.95. The number of ether oxygens (including phenoxy) is 2. The average Bonchev–Trinajstić information content (AvgIpc) is 3.01. The fourth-order valence-corrected chi connectivity index (χ4v) is 5.01. The van der Waals surface area contributed by atoms with Crippen molar-refractivity contribution in [3.05, 3.63) is 106 Å². The molecular formula is C33H34N4O5. The van der Waals surface area contributed by atoms with Gasteiger partial charge in [-0.1, -0.05) is 36.4 Å². The first-order chi connectivity index (χ1) is 20.4. The maximum absolute atomic E-state index is 13.8. The number of hydrogen-bond acceptors (Lipinski definition) is 7. The molecule has 9 heteroatoms. The number of benzene rings is 3. The lowest BCUT2D eigenvalue weighted by Gasteiger charge is -2.31. The lowest BCUT2D eigenvalue weighted by molar-refractivity contribution is -0.149. The van der Waals surface area contributed by atoms with Crippen LogP contribution >= 0.6 is 0 Å². The zero-order valence-corrected chi connectivity index (χ0v) is 24.0. The van der Waals surface area contributed by atoms with Crippen LogP contribution in [-0.4, -0.2) is 46.3 Å². The van der Waals surface area contributed by atoms with Crippen LogP contribution in [0.2, 0.25) is 0 Å². The van der Waals surface area contributed by atoms with Crippen LogP contribution in [0.1, 0.15) is 41.3 Å². The van der Waals surface area contributed by atoms with Crippen molar-refractivity contribution in [1.82, 2.24) is 14.7 Å². The van der Waals surface area contributed by atoms with Gasteiger partial charge in [0, 0.05) is 24.3 Å². The number of carbonyl (C=O) groups excluding carboxylic acids is 2. The summed E-state index contributed by atoms with van der Waals surface area (Å²) in [5, 5.41) is 7.59. The number of nitrogens with zero attached hydrogens (tertiary/aromatic N) is 3. The van der Waals surface area contributed by atoms with Gasteiger partial charge in [0.25, 0.3) is 11.5 Å². The number of carbonyl (C=O) groups is 2. The summed E-state index contributed by atoms with van der Waals surface area (Å²) < 4.78 is 12.7. The van der Waals surface area contributed by atoms with Crippen molar-refractivity contribution in [1.29, 1.82) is 0 Å². The summed E-state index contributed by atoms with van der Waals surface area (Å²) in [4.78, 5) is 41.2. The molecule has 3 aromatic carbocycles. The van der Waals surface area contributed by atoms with E-state index in [2.05, 4.69) is 10.4 Å². The second-order valence-electron chi connectivity index (χ2n) is 10.3. The van der Waals surface area contributed by atoms with Crippen LogP contribution in [0.4, 0.5) is 11.4 Å². The first-order valence-corrected chi connectivity index (χ1v) is 14.1. The Balaban J connectivity index is 1.47. The highest BCUT2D eigenvalue weighted by atomic mass is 16.5. The Kier molecular flexibility index (Phi) is 8.66. The SMILES string of the molecule is CCOC(=O)C1CCCN(C(=O)c2cccc(Nc3c(Oc4cccc(C)c4C)cnn(-c4ccccc4)c3=O)c2)C1. The van der Waals surface area contributed by atoms with Gasteiger partial charge in [-0.15, -0.1) is 0 Å². The topological polar surface area (TPSA) is 103 Å². The van der Waals surface area contributed by atoms with E-state index in [1.807, 2.05) is 50.2 Å². The van der Waals surface area contributed by atoms with E-state index in [0.29, 0.717) is 48.8 Å². The van der Waals surface area contributed by atoms with Crippen LogP contribution in [0, 0.1) is 19.8 Å². The number of hydrogen-bond donors (Lipinski definition) is 1. The van der Waals surface area contributed by atoms with Gasteiger partial charge in [0.05, 0.1) is 24.4 Å². The number of esters is 1. The summed E-state index contributed by atoms with van der Waals surface area (Å²) in [6.45, 7) is 6.91. The zero-order chi connectivity index (χ0) is 29.6. The molecule has 4 aromatic rings. The molecule has 0 radical (unpaired) electrons. The highest BCUT2D eigenvalue weighted by Gasteiger charge is 2.30. The minimum absolute atomic E-state index is 0.180. The van der Waals surface area contributed by atoms with Crippen LogP contribution in [0.25, 0.3) is 5.69 Å². The molecule has 1 fully saturated rings. The molecule has 0 aliphatic carbocycles. The third-order valence-corrected chi connectivity index (χ3v) is 7.43. The van der Waals surface area contributed by atoms with E-state index in [1.165, 1.54) is 10.9 Å². The van der Waals surface area contributed by atoms with Crippen LogP contribution in [0.5, 0.6) is 11.5 Å². The number of piperidine rings is 1. The second kappa shape index (κ2) is 12.7. The van der Waals surface area contributed by atoms with Gasteiger partial charge >= 0.3 is 5.97 Å². The van der Waals surface area contributed by atoms with Crippen molar-refractivity contribution in [2.45, 2.75) is 33.6 Å². The van der Waals surface area contributed by atoms with Crippen LogP contribution in [0.3, 0.4) is 0 Å². The van der Waals surface area contributed by atoms with Gasteiger partial charge in [0.1, 0.15) is 5.75 Å². The molecule has 1 aliphatic rings. The van der Waals surface area contributed by atoms with E-state index in [-0.39, 0.29) is 29.2 Å². The number of para-hydroxylation sites is 1. The van der Waals surface area contributed by atoms with Gasteiger partial charge in [0.2, 0.25) is 0 Å². The number of nitrogens with one attached hydrogen (secondary N) is 1. The summed E-state index contributed by atoms with van der Waals surface area (Å²) in [5.41, 5.74) is 3.36. The molecule has 0 spiro atoms. The van der Waals surface area contributed by atoms with Crippen LogP contribution < -0.4 is 15.6 Å². The second-order valence-corrected chi connectivity index (χ2v) is 10.3. The van der Waals surface area contributed by atoms with Gasteiger partial charge in [-0.2, -0.15) is 9.78 Å². The predicted molar refractivity (Wildman–Crippen MR) is 161 cm³/mol. The Morgan fingerprint density at radius 3 is 2.57 bits per heavy atom. The summed E-state index contributed by atoms with van der Waals surface area (Å²) in [5.74, 6) is 0.0833. The van der Waals surface area contributed by atoms with E-state index in [0.717, 1.165) is 17.5 Å². The lowest BCUT2D eigenvalue weighted by Crippen LogP contribution is -2.42. The molecule has 42 heavy (non-hydrogen) atoms. The van der Waals surface area contributed by atoms with Crippen molar-refractivity contribution in [2.24, 2.45) is 5.92 Å². The third-order valence-electron chi connectivity index (χ3n) is 7.43. The third kappa shape index (κ3) is 6.20. The summed E-state index contributed by atoms with van der Waals surface area (Å²) >= 11 is 0. The van der Waals surface area contributed by atoms with Gasteiger partial charge in [-0.3, -0.25) is 14.4 Å². The maximum atomic E-state index is 13.8. The molecule has 0 bridgehead atoms.